The molecule has 1 aromatic carbocycles. The van der Waals surface area contributed by atoms with Crippen molar-refractivity contribution in [2.75, 3.05) is 7.11 Å². The highest BCUT2D eigenvalue weighted by Crippen LogP contribution is 2.26. The predicted molar refractivity (Wildman–Crippen MR) is 60.6 cm³/mol. The number of carbonyl (C=O) groups is 1. The van der Waals surface area contributed by atoms with E-state index >= 15 is 0 Å². The fourth-order valence-electron chi connectivity index (χ4n) is 1.24. The van der Waals surface area contributed by atoms with E-state index in [-0.39, 0.29) is 11.4 Å². The molecule has 4 nitrogen and oxygen atoms in total. The van der Waals surface area contributed by atoms with Crippen LogP contribution in [0.2, 0.25) is 0 Å². The highest BCUT2D eigenvalue weighted by atomic mass is 32.1. The van der Waals surface area contributed by atoms with Gasteiger partial charge in [-0.25, -0.2) is 9.78 Å². The fourth-order valence-corrected chi connectivity index (χ4v) is 2.03. The van der Waals surface area contributed by atoms with E-state index in [1.165, 1.54) is 18.4 Å². The molecular weight excluding hydrogens is 226 g/mol. The first-order valence-corrected chi connectivity index (χ1v) is 5.42. The van der Waals surface area contributed by atoms with Gasteiger partial charge in [0.25, 0.3) is 0 Å². The van der Waals surface area contributed by atoms with E-state index in [9.17, 15) is 9.90 Å². The minimum absolute atomic E-state index is 0.173. The number of phenolic OH excluding ortho intramolecular Hbond substituents is 1. The quantitative estimate of drug-likeness (QED) is 0.811. The lowest BCUT2D eigenvalue weighted by molar-refractivity contribution is 0.0595. The van der Waals surface area contributed by atoms with E-state index in [1.54, 1.807) is 23.6 Å². The molecule has 5 heteroatoms. The zero-order valence-electron chi connectivity index (χ0n) is 8.51. The number of phenols is 1. The van der Waals surface area contributed by atoms with E-state index < -0.39 is 5.97 Å². The number of hydrogen-bond donors (Lipinski definition) is 1. The summed E-state index contributed by atoms with van der Waals surface area (Å²) >= 11 is 1.33. The van der Waals surface area contributed by atoms with Crippen molar-refractivity contribution in [3.05, 3.63) is 35.3 Å². The van der Waals surface area contributed by atoms with Crippen LogP contribution in [0.3, 0.4) is 0 Å². The summed E-state index contributed by atoms with van der Waals surface area (Å²) in [4.78, 5) is 15.3. The Labute approximate surface area is 96.1 Å². The summed E-state index contributed by atoms with van der Waals surface area (Å²) < 4.78 is 4.57. The summed E-state index contributed by atoms with van der Waals surface area (Å²) in [5.41, 5.74) is 1.06. The van der Waals surface area contributed by atoms with Gasteiger partial charge in [0.2, 0.25) is 0 Å². The minimum atomic E-state index is -0.456. The maximum atomic E-state index is 11.2. The standard InChI is InChI=1S/C11H9NO3S/c1-15-11(14)9-6-16-10(12-9)7-3-2-4-8(13)5-7/h2-6,13H,1H3. The van der Waals surface area contributed by atoms with E-state index in [4.69, 9.17) is 0 Å². The van der Waals surface area contributed by atoms with Crippen molar-refractivity contribution in [2.24, 2.45) is 0 Å². The number of benzene rings is 1. The number of nitrogens with zero attached hydrogens (tertiary/aromatic N) is 1. The number of thiazole rings is 1. The van der Waals surface area contributed by atoms with Crippen molar-refractivity contribution < 1.29 is 14.6 Å². The number of ether oxygens (including phenoxy) is 1. The first-order chi connectivity index (χ1) is 7.70. The topological polar surface area (TPSA) is 59.4 Å². The van der Waals surface area contributed by atoms with Crippen LogP contribution in [0.4, 0.5) is 0 Å². The summed E-state index contributed by atoms with van der Waals surface area (Å²) in [6, 6.07) is 6.72. The molecule has 0 bridgehead atoms. The molecule has 1 heterocycles. The van der Waals surface area contributed by atoms with Crippen LogP contribution in [-0.4, -0.2) is 23.2 Å². The van der Waals surface area contributed by atoms with Gasteiger partial charge in [0, 0.05) is 10.9 Å². The molecule has 0 aliphatic heterocycles. The van der Waals surface area contributed by atoms with Gasteiger partial charge < -0.3 is 9.84 Å². The van der Waals surface area contributed by atoms with Gasteiger partial charge in [0.05, 0.1) is 7.11 Å². The van der Waals surface area contributed by atoms with Crippen LogP contribution in [-0.2, 0) is 4.74 Å². The van der Waals surface area contributed by atoms with Gasteiger partial charge in [-0.05, 0) is 12.1 Å². The van der Waals surface area contributed by atoms with Crippen LogP contribution < -0.4 is 0 Å². The molecule has 16 heavy (non-hydrogen) atoms. The molecular formula is C11H9NO3S. The summed E-state index contributed by atoms with van der Waals surface area (Å²) in [7, 11) is 1.32. The van der Waals surface area contributed by atoms with Crippen molar-refractivity contribution in [3.63, 3.8) is 0 Å². The SMILES string of the molecule is COC(=O)c1csc(-c2cccc(O)c2)n1. The highest BCUT2D eigenvalue weighted by Gasteiger charge is 2.11. The third-order valence-corrected chi connectivity index (χ3v) is 2.88. The molecule has 0 radical (unpaired) electrons. The van der Waals surface area contributed by atoms with E-state index in [0.29, 0.717) is 5.01 Å². The summed E-state index contributed by atoms with van der Waals surface area (Å²) in [5.74, 6) is -0.282. The average molecular weight is 235 g/mol. The summed E-state index contributed by atoms with van der Waals surface area (Å²) in [6.45, 7) is 0. The third-order valence-electron chi connectivity index (χ3n) is 1.99. The maximum absolute atomic E-state index is 11.2. The first-order valence-electron chi connectivity index (χ1n) is 4.54. The number of esters is 1. The molecule has 0 spiro atoms. The lowest BCUT2D eigenvalue weighted by Crippen LogP contribution is -2.00. The van der Waals surface area contributed by atoms with Crippen molar-refractivity contribution >= 4 is 17.3 Å². The van der Waals surface area contributed by atoms with Crippen LogP contribution in [0.1, 0.15) is 10.5 Å². The van der Waals surface area contributed by atoms with Gasteiger partial charge in [0.15, 0.2) is 5.69 Å². The van der Waals surface area contributed by atoms with Crippen LogP contribution in [0, 0.1) is 0 Å². The molecule has 0 amide bonds. The molecule has 0 aliphatic rings. The Bertz CT molecular complexity index is 521. The normalized spacial score (nSPS) is 10.1. The number of aromatic nitrogens is 1. The van der Waals surface area contributed by atoms with Crippen LogP contribution in [0.15, 0.2) is 29.6 Å². The Hall–Kier alpha value is -1.88. The molecule has 1 N–H and O–H groups in total. The number of methoxy groups -OCH3 is 1. The van der Waals surface area contributed by atoms with E-state index in [2.05, 4.69) is 9.72 Å². The second-order valence-corrected chi connectivity index (χ2v) is 3.94. The summed E-state index contributed by atoms with van der Waals surface area (Å²) in [6.07, 6.45) is 0. The number of aromatic hydroxyl groups is 1. The average Bonchev–Trinajstić information content (AvgIpc) is 2.77. The highest BCUT2D eigenvalue weighted by molar-refractivity contribution is 7.13. The number of hydrogen-bond acceptors (Lipinski definition) is 5. The second kappa shape index (κ2) is 4.32. The maximum Gasteiger partial charge on any atom is 0.357 e. The molecule has 0 saturated carbocycles. The van der Waals surface area contributed by atoms with Gasteiger partial charge in [-0.15, -0.1) is 11.3 Å². The molecule has 82 valence electrons. The van der Waals surface area contributed by atoms with Gasteiger partial charge in [-0.3, -0.25) is 0 Å². The monoisotopic (exact) mass is 235 g/mol. The Morgan fingerprint density at radius 3 is 3.00 bits per heavy atom. The lowest BCUT2D eigenvalue weighted by atomic mass is 10.2. The van der Waals surface area contributed by atoms with Crippen molar-refractivity contribution in [1.29, 1.82) is 0 Å². The zero-order valence-corrected chi connectivity index (χ0v) is 9.32. The second-order valence-electron chi connectivity index (χ2n) is 3.08. The molecule has 2 aromatic rings. The van der Waals surface area contributed by atoms with Crippen LogP contribution in [0.5, 0.6) is 5.75 Å². The molecule has 0 aliphatic carbocycles. The van der Waals surface area contributed by atoms with Gasteiger partial charge in [0.1, 0.15) is 10.8 Å². The Morgan fingerprint density at radius 1 is 1.50 bits per heavy atom. The number of rotatable bonds is 2. The summed E-state index contributed by atoms with van der Waals surface area (Å²) in [5, 5.41) is 11.6. The Balaban J connectivity index is 2.35. The molecule has 1 aromatic heterocycles. The zero-order chi connectivity index (χ0) is 11.5. The van der Waals surface area contributed by atoms with Crippen LogP contribution >= 0.6 is 11.3 Å². The van der Waals surface area contributed by atoms with E-state index in [1.807, 2.05) is 6.07 Å². The molecule has 0 saturated heterocycles. The van der Waals surface area contributed by atoms with Crippen LogP contribution in [0.25, 0.3) is 10.6 Å². The smallest absolute Gasteiger partial charge is 0.357 e. The van der Waals surface area contributed by atoms with Gasteiger partial charge in [-0.1, -0.05) is 12.1 Å². The largest absolute Gasteiger partial charge is 0.508 e. The van der Waals surface area contributed by atoms with E-state index in [0.717, 1.165) is 5.56 Å². The van der Waals surface area contributed by atoms with Gasteiger partial charge in [-0.2, -0.15) is 0 Å². The predicted octanol–water partition coefficient (Wildman–Crippen LogP) is 2.30. The van der Waals surface area contributed by atoms with Crippen molar-refractivity contribution in [2.45, 2.75) is 0 Å². The fraction of sp³-hybridized carbons (Fsp3) is 0.0909. The third kappa shape index (κ3) is 2.04. The molecule has 0 fully saturated rings. The van der Waals surface area contributed by atoms with Crippen molar-refractivity contribution in [1.82, 2.24) is 4.98 Å². The van der Waals surface area contributed by atoms with Gasteiger partial charge >= 0.3 is 5.97 Å². The Morgan fingerprint density at radius 2 is 2.31 bits per heavy atom. The van der Waals surface area contributed by atoms with Crippen molar-refractivity contribution in [3.8, 4) is 16.3 Å². The number of carbonyl (C=O) groups excluding carboxylic acids is 1. The minimum Gasteiger partial charge on any atom is -0.508 e. The lowest BCUT2D eigenvalue weighted by Gasteiger charge is -1.96. The first kappa shape index (κ1) is 10.6. The molecule has 0 unspecified atom stereocenters. The molecule has 2 rings (SSSR count). The molecule has 0 atom stereocenters. The Kier molecular flexibility index (Phi) is 2.87.